The molecule has 1 aromatic heterocycles. The maximum Gasteiger partial charge on any atom is 0.433 e. The molecule has 1 N–H and O–H groups in total. The van der Waals surface area contributed by atoms with E-state index in [-0.39, 0.29) is 17.4 Å². The van der Waals surface area contributed by atoms with Crippen LogP contribution in [0.2, 0.25) is 0 Å². The lowest BCUT2D eigenvalue weighted by atomic mass is 9.85. The maximum atomic E-state index is 13.6. The van der Waals surface area contributed by atoms with Crippen molar-refractivity contribution in [1.82, 2.24) is 4.98 Å². The number of pyridine rings is 1. The van der Waals surface area contributed by atoms with E-state index in [1.807, 2.05) is 6.07 Å². The first-order chi connectivity index (χ1) is 15.9. The zero-order valence-electron chi connectivity index (χ0n) is 18.4. The Bertz CT molecular complexity index is 1270. The number of rotatable bonds is 6. The molecule has 0 saturated carbocycles. The third-order valence-corrected chi connectivity index (χ3v) is 5.69. The Morgan fingerprint density at radius 1 is 1.09 bits per heavy atom. The van der Waals surface area contributed by atoms with E-state index in [9.17, 15) is 31.6 Å². The van der Waals surface area contributed by atoms with Gasteiger partial charge in [0.05, 0.1) is 22.7 Å². The molecule has 0 spiro atoms. The second kappa shape index (κ2) is 9.37. The average molecular weight is 477 g/mol. The van der Waals surface area contributed by atoms with Gasteiger partial charge in [-0.05, 0) is 60.2 Å². The first kappa shape index (κ1) is 25.1. The van der Waals surface area contributed by atoms with Crippen LogP contribution in [0.15, 0.2) is 49.0 Å². The van der Waals surface area contributed by atoms with Crippen molar-refractivity contribution in [2.75, 3.05) is 12.4 Å². The standard InChI is InChI=1S/C25H21F6N3/c1-4-16(10-14(2)18-11-15(13-32)8-9-21(18)33-3)19-12-22(25(29,30)31)34-23-17(19)6-5-7-20(23)24(26,27)28/h5-9,11-12,16,33H,2,4,10H2,1,3H3. The number of alkyl halides is 6. The van der Waals surface area contributed by atoms with Gasteiger partial charge in [0.1, 0.15) is 5.69 Å². The Labute approximate surface area is 192 Å². The fraction of sp³-hybridized carbons (Fsp3) is 0.280. The molecule has 2 aromatic carbocycles. The number of hydrogen-bond acceptors (Lipinski definition) is 3. The number of hydrogen-bond donors (Lipinski definition) is 1. The van der Waals surface area contributed by atoms with E-state index in [1.165, 1.54) is 12.1 Å². The summed E-state index contributed by atoms with van der Waals surface area (Å²) in [6.07, 6.45) is -9.26. The van der Waals surface area contributed by atoms with Crippen molar-refractivity contribution in [3.63, 3.8) is 0 Å². The summed E-state index contributed by atoms with van der Waals surface area (Å²) in [5.41, 5.74) is -0.992. The van der Waals surface area contributed by atoms with Crippen LogP contribution in [0.1, 0.15) is 53.6 Å². The van der Waals surface area contributed by atoms with Gasteiger partial charge in [-0.1, -0.05) is 25.6 Å². The van der Waals surface area contributed by atoms with Crippen molar-refractivity contribution in [2.45, 2.75) is 38.0 Å². The van der Waals surface area contributed by atoms with E-state index in [0.717, 1.165) is 12.1 Å². The SMILES string of the molecule is C=C(CC(CC)c1cc(C(F)(F)F)nc2c(C(F)(F)F)cccc12)c1cc(C#N)ccc1NC. The van der Waals surface area contributed by atoms with Crippen LogP contribution in [0.5, 0.6) is 0 Å². The Morgan fingerprint density at radius 3 is 2.35 bits per heavy atom. The molecule has 178 valence electrons. The molecule has 3 nitrogen and oxygen atoms in total. The van der Waals surface area contributed by atoms with Crippen molar-refractivity contribution in [3.8, 4) is 6.07 Å². The number of nitriles is 1. The zero-order valence-corrected chi connectivity index (χ0v) is 18.4. The Morgan fingerprint density at radius 2 is 1.79 bits per heavy atom. The molecule has 0 amide bonds. The molecule has 34 heavy (non-hydrogen) atoms. The molecule has 1 unspecified atom stereocenters. The van der Waals surface area contributed by atoms with Gasteiger partial charge in [0.25, 0.3) is 0 Å². The van der Waals surface area contributed by atoms with Gasteiger partial charge in [0, 0.05) is 23.7 Å². The number of allylic oxidation sites excluding steroid dienone is 1. The lowest BCUT2D eigenvalue weighted by Gasteiger charge is -2.22. The van der Waals surface area contributed by atoms with Crippen molar-refractivity contribution < 1.29 is 26.3 Å². The predicted octanol–water partition coefficient (Wildman–Crippen LogP) is 7.78. The van der Waals surface area contributed by atoms with Gasteiger partial charge in [-0.3, -0.25) is 0 Å². The molecule has 0 aliphatic heterocycles. The van der Waals surface area contributed by atoms with Gasteiger partial charge in [0.2, 0.25) is 0 Å². The lowest BCUT2D eigenvalue weighted by molar-refractivity contribution is -0.142. The Balaban J connectivity index is 2.18. The van der Waals surface area contributed by atoms with E-state index in [0.29, 0.717) is 28.8 Å². The van der Waals surface area contributed by atoms with Crippen molar-refractivity contribution >= 4 is 22.2 Å². The fourth-order valence-corrected chi connectivity index (χ4v) is 3.99. The molecule has 9 heteroatoms. The van der Waals surface area contributed by atoms with Gasteiger partial charge in [0.15, 0.2) is 0 Å². The zero-order chi connectivity index (χ0) is 25.3. The third kappa shape index (κ3) is 5.01. The van der Waals surface area contributed by atoms with Crippen molar-refractivity contribution in [2.24, 2.45) is 0 Å². The third-order valence-electron chi connectivity index (χ3n) is 5.69. The largest absolute Gasteiger partial charge is 0.433 e. The number of aromatic nitrogens is 1. The summed E-state index contributed by atoms with van der Waals surface area (Å²) in [6, 6.07) is 11.0. The number of para-hydroxylation sites is 1. The maximum absolute atomic E-state index is 13.6. The van der Waals surface area contributed by atoms with Crippen LogP contribution in [0.3, 0.4) is 0 Å². The van der Waals surface area contributed by atoms with Gasteiger partial charge >= 0.3 is 12.4 Å². The highest BCUT2D eigenvalue weighted by atomic mass is 19.4. The van der Waals surface area contributed by atoms with Gasteiger partial charge < -0.3 is 5.32 Å². The Hall–Kier alpha value is -3.54. The molecule has 1 heterocycles. The van der Waals surface area contributed by atoms with Crippen molar-refractivity contribution in [3.05, 3.63) is 77.0 Å². The van der Waals surface area contributed by atoms with E-state index in [1.54, 1.807) is 32.2 Å². The summed E-state index contributed by atoms with van der Waals surface area (Å²) in [5.74, 6) is -0.571. The van der Waals surface area contributed by atoms with Crippen LogP contribution in [0.4, 0.5) is 32.0 Å². The molecule has 0 bridgehead atoms. The summed E-state index contributed by atoms with van der Waals surface area (Å²) < 4.78 is 81.5. The van der Waals surface area contributed by atoms with Gasteiger partial charge in [-0.25, -0.2) is 4.98 Å². The minimum absolute atomic E-state index is 0.0158. The fourth-order valence-electron chi connectivity index (χ4n) is 3.99. The second-order valence-corrected chi connectivity index (χ2v) is 7.83. The van der Waals surface area contributed by atoms with Crippen LogP contribution in [0, 0.1) is 11.3 Å². The molecule has 0 aliphatic rings. The normalized spacial score (nSPS) is 12.9. The number of fused-ring (bicyclic) bond motifs is 1. The molecule has 0 fully saturated rings. The highest BCUT2D eigenvalue weighted by molar-refractivity contribution is 5.87. The summed E-state index contributed by atoms with van der Waals surface area (Å²) in [5, 5.41) is 12.2. The molecule has 3 aromatic rings. The van der Waals surface area contributed by atoms with Gasteiger partial charge in [-0.15, -0.1) is 0 Å². The van der Waals surface area contributed by atoms with E-state index >= 15 is 0 Å². The second-order valence-electron chi connectivity index (χ2n) is 7.83. The summed E-state index contributed by atoms with van der Waals surface area (Å²) in [7, 11) is 1.68. The minimum atomic E-state index is -4.92. The number of halogens is 6. The predicted molar refractivity (Wildman–Crippen MR) is 119 cm³/mol. The average Bonchev–Trinajstić information content (AvgIpc) is 2.79. The lowest BCUT2D eigenvalue weighted by Crippen LogP contribution is -2.14. The van der Waals surface area contributed by atoms with Gasteiger partial charge in [-0.2, -0.15) is 31.6 Å². The van der Waals surface area contributed by atoms with E-state index in [2.05, 4.69) is 16.9 Å². The highest BCUT2D eigenvalue weighted by Gasteiger charge is 2.38. The first-order valence-electron chi connectivity index (χ1n) is 10.4. The molecule has 0 saturated heterocycles. The summed E-state index contributed by atoms with van der Waals surface area (Å²) >= 11 is 0. The molecule has 1 atom stereocenters. The van der Waals surface area contributed by atoms with Crippen molar-refractivity contribution in [1.29, 1.82) is 5.26 Å². The smallest absolute Gasteiger partial charge is 0.388 e. The number of benzene rings is 2. The monoisotopic (exact) mass is 477 g/mol. The number of nitrogens with zero attached hydrogens (tertiary/aromatic N) is 2. The summed E-state index contributed by atoms with van der Waals surface area (Å²) in [6.45, 7) is 5.81. The number of anilines is 1. The van der Waals surface area contributed by atoms with Crippen LogP contribution in [-0.2, 0) is 12.4 Å². The van der Waals surface area contributed by atoms with Crippen LogP contribution < -0.4 is 5.32 Å². The molecule has 3 rings (SSSR count). The first-order valence-corrected chi connectivity index (χ1v) is 10.4. The molecular formula is C25H21F6N3. The van der Waals surface area contributed by atoms with Crippen LogP contribution >= 0.6 is 0 Å². The quantitative estimate of drug-likeness (QED) is 0.369. The number of nitrogens with one attached hydrogen (secondary N) is 1. The Kier molecular flexibility index (Phi) is 6.92. The molecule has 0 radical (unpaired) electrons. The summed E-state index contributed by atoms with van der Waals surface area (Å²) in [4.78, 5) is 3.36. The highest BCUT2D eigenvalue weighted by Crippen LogP contribution is 2.42. The molecule has 0 aliphatic carbocycles. The topological polar surface area (TPSA) is 48.7 Å². The van der Waals surface area contributed by atoms with Crippen LogP contribution in [-0.4, -0.2) is 12.0 Å². The molecular weight excluding hydrogens is 456 g/mol. The van der Waals surface area contributed by atoms with E-state index in [4.69, 9.17) is 0 Å². The van der Waals surface area contributed by atoms with Crippen LogP contribution in [0.25, 0.3) is 16.5 Å². The minimum Gasteiger partial charge on any atom is -0.388 e. The van der Waals surface area contributed by atoms with E-state index < -0.39 is 35.0 Å².